The molecule has 11 heteroatoms. The summed E-state index contributed by atoms with van der Waals surface area (Å²) in [6.07, 6.45) is -3.84. The Labute approximate surface area is 192 Å². The van der Waals surface area contributed by atoms with E-state index in [1.54, 1.807) is 0 Å². The Morgan fingerprint density at radius 3 is 2.42 bits per heavy atom. The first kappa shape index (κ1) is 24.5. The van der Waals surface area contributed by atoms with E-state index in [0.717, 1.165) is 23.2 Å². The molecule has 0 aliphatic carbocycles. The van der Waals surface area contributed by atoms with E-state index in [1.807, 2.05) is 30.3 Å². The molecule has 0 spiro atoms. The molecule has 0 saturated heterocycles. The second kappa shape index (κ2) is 11.1. The van der Waals surface area contributed by atoms with Gasteiger partial charge >= 0.3 is 12.1 Å². The first-order valence-corrected chi connectivity index (χ1v) is 10.9. The predicted molar refractivity (Wildman–Crippen MR) is 116 cm³/mol. The molecule has 0 saturated carbocycles. The molecule has 0 bridgehead atoms. The monoisotopic (exact) mass is 481 g/mol. The van der Waals surface area contributed by atoms with Gasteiger partial charge in [0.2, 0.25) is 0 Å². The molecule has 0 fully saturated rings. The van der Waals surface area contributed by atoms with Gasteiger partial charge in [-0.25, -0.2) is 0 Å². The molecule has 3 N–H and O–H groups in total. The molecule has 0 aliphatic heterocycles. The van der Waals surface area contributed by atoms with Crippen molar-refractivity contribution in [1.29, 1.82) is 0 Å². The van der Waals surface area contributed by atoms with Crippen LogP contribution in [0.4, 0.5) is 13.2 Å². The molecule has 3 aromatic rings. The second-order valence-corrected chi connectivity index (χ2v) is 8.08. The summed E-state index contributed by atoms with van der Waals surface area (Å²) in [5, 5.41) is 16.9. The van der Waals surface area contributed by atoms with Crippen molar-refractivity contribution in [1.82, 2.24) is 10.2 Å². The van der Waals surface area contributed by atoms with Gasteiger partial charge in [0.1, 0.15) is 21.5 Å². The van der Waals surface area contributed by atoms with Gasteiger partial charge in [0.05, 0.1) is 31.2 Å². The number of alkyl halides is 3. The number of para-hydroxylation sites is 1. The van der Waals surface area contributed by atoms with Crippen LogP contribution in [0.15, 0.2) is 48.5 Å². The number of carboxylic acid groups (broad SMARTS) is 1. The highest BCUT2D eigenvalue weighted by molar-refractivity contribution is 7.14. The Balaban J connectivity index is 1.61. The van der Waals surface area contributed by atoms with E-state index in [0.29, 0.717) is 19.4 Å². The molecule has 2 aromatic carbocycles. The van der Waals surface area contributed by atoms with Crippen molar-refractivity contribution in [2.75, 3.05) is 13.2 Å². The highest BCUT2D eigenvalue weighted by Crippen LogP contribution is 2.39. The zero-order valence-electron chi connectivity index (χ0n) is 17.4. The van der Waals surface area contributed by atoms with Gasteiger partial charge in [-0.2, -0.15) is 13.2 Å². The molecule has 1 heterocycles. The number of unbranched alkanes of at least 4 members (excludes halogenated alkanes) is 1. The summed E-state index contributed by atoms with van der Waals surface area (Å²) in [7, 11) is 0. The lowest BCUT2D eigenvalue weighted by Crippen LogP contribution is -2.14. The average Bonchev–Trinajstić information content (AvgIpc) is 3.26. The average molecular weight is 481 g/mol. The van der Waals surface area contributed by atoms with Crippen molar-refractivity contribution in [3.8, 4) is 22.1 Å². The SMILES string of the molecule is N[C@@H](CC(=O)O)c1nnc(-c2ccc(OCCCCOc3ccccc3)c(C(F)(F)F)c2)s1. The minimum atomic E-state index is -4.63. The molecule has 1 atom stereocenters. The van der Waals surface area contributed by atoms with Gasteiger partial charge in [-0.15, -0.1) is 10.2 Å². The molecule has 7 nitrogen and oxygen atoms in total. The number of benzene rings is 2. The lowest BCUT2D eigenvalue weighted by atomic mass is 10.1. The third kappa shape index (κ3) is 7.16. The van der Waals surface area contributed by atoms with Crippen molar-refractivity contribution in [3.63, 3.8) is 0 Å². The minimum absolute atomic E-state index is 0.105. The van der Waals surface area contributed by atoms with Crippen molar-refractivity contribution in [2.45, 2.75) is 31.5 Å². The summed E-state index contributed by atoms with van der Waals surface area (Å²) in [5.74, 6) is -0.647. The van der Waals surface area contributed by atoms with Gasteiger partial charge < -0.3 is 20.3 Å². The van der Waals surface area contributed by atoms with Crippen molar-refractivity contribution < 1.29 is 32.5 Å². The maximum atomic E-state index is 13.6. The van der Waals surface area contributed by atoms with E-state index in [2.05, 4.69) is 10.2 Å². The number of ether oxygens (including phenoxy) is 2. The van der Waals surface area contributed by atoms with Gasteiger partial charge in [-0.05, 0) is 43.2 Å². The normalized spacial score (nSPS) is 12.4. The Bertz CT molecular complexity index is 1060. The smallest absolute Gasteiger partial charge is 0.419 e. The lowest BCUT2D eigenvalue weighted by Gasteiger charge is -2.15. The van der Waals surface area contributed by atoms with E-state index in [-0.39, 0.29) is 34.4 Å². The third-order valence-corrected chi connectivity index (χ3v) is 5.60. The summed E-state index contributed by atoms with van der Waals surface area (Å²) in [6.45, 7) is 0.537. The number of aromatic nitrogens is 2. The fraction of sp³-hybridized carbons (Fsp3) is 0.318. The van der Waals surface area contributed by atoms with Crippen LogP contribution in [0.2, 0.25) is 0 Å². The highest BCUT2D eigenvalue weighted by Gasteiger charge is 2.35. The summed E-state index contributed by atoms with van der Waals surface area (Å²) in [4.78, 5) is 10.8. The standard InChI is InChI=1S/C22H22F3N3O4S/c23-22(24,25)16-12-14(20-27-28-21(33-20)17(26)13-19(29)30)8-9-18(16)32-11-5-4-10-31-15-6-2-1-3-7-15/h1-3,6-9,12,17H,4-5,10-11,13,26H2,(H,29,30)/t17-/m0/s1. The minimum Gasteiger partial charge on any atom is -0.494 e. The molecule has 0 aliphatic rings. The molecule has 3 rings (SSSR count). The van der Waals surface area contributed by atoms with Crippen LogP contribution in [-0.4, -0.2) is 34.5 Å². The van der Waals surface area contributed by atoms with Gasteiger partial charge in [-0.1, -0.05) is 29.5 Å². The molecule has 33 heavy (non-hydrogen) atoms. The van der Waals surface area contributed by atoms with Crippen LogP contribution in [0.1, 0.15) is 35.9 Å². The first-order chi connectivity index (χ1) is 15.7. The van der Waals surface area contributed by atoms with Crippen LogP contribution in [0.5, 0.6) is 11.5 Å². The van der Waals surface area contributed by atoms with E-state index in [1.165, 1.54) is 12.1 Å². The number of aliphatic carboxylic acids is 1. The molecule has 0 radical (unpaired) electrons. The molecule has 176 valence electrons. The largest absolute Gasteiger partial charge is 0.494 e. The number of hydrogen-bond donors (Lipinski definition) is 2. The molecule has 0 amide bonds. The van der Waals surface area contributed by atoms with Gasteiger partial charge in [-0.3, -0.25) is 4.79 Å². The topological polar surface area (TPSA) is 108 Å². The van der Waals surface area contributed by atoms with Gasteiger partial charge in [0.15, 0.2) is 0 Å². The Hall–Kier alpha value is -3.18. The van der Waals surface area contributed by atoms with Crippen LogP contribution in [-0.2, 0) is 11.0 Å². The fourth-order valence-corrected chi connectivity index (χ4v) is 3.72. The second-order valence-electron chi connectivity index (χ2n) is 7.08. The van der Waals surface area contributed by atoms with Crippen molar-refractivity contribution in [3.05, 3.63) is 59.1 Å². The van der Waals surface area contributed by atoms with Crippen LogP contribution in [0, 0.1) is 0 Å². The Morgan fingerprint density at radius 1 is 1.06 bits per heavy atom. The molecular weight excluding hydrogens is 459 g/mol. The van der Waals surface area contributed by atoms with E-state index < -0.39 is 23.8 Å². The van der Waals surface area contributed by atoms with Crippen LogP contribution in [0.25, 0.3) is 10.6 Å². The number of nitrogens with two attached hydrogens (primary N) is 1. The molecule has 1 aromatic heterocycles. The Kier molecular flexibility index (Phi) is 8.23. The maximum Gasteiger partial charge on any atom is 0.419 e. The lowest BCUT2D eigenvalue weighted by molar-refractivity contribution is -0.139. The third-order valence-electron chi connectivity index (χ3n) is 4.49. The number of nitrogens with zero attached hydrogens (tertiary/aromatic N) is 2. The fourth-order valence-electron chi connectivity index (χ4n) is 2.88. The number of carbonyl (C=O) groups is 1. The summed E-state index contributed by atoms with van der Waals surface area (Å²) >= 11 is 0.954. The maximum absolute atomic E-state index is 13.6. The van der Waals surface area contributed by atoms with Crippen molar-refractivity contribution in [2.24, 2.45) is 5.73 Å². The summed E-state index contributed by atoms with van der Waals surface area (Å²) < 4.78 is 51.8. The predicted octanol–water partition coefficient (Wildman–Crippen LogP) is 4.94. The van der Waals surface area contributed by atoms with E-state index in [4.69, 9.17) is 20.3 Å². The zero-order chi connectivity index (χ0) is 23.8. The Morgan fingerprint density at radius 2 is 1.76 bits per heavy atom. The van der Waals surface area contributed by atoms with E-state index in [9.17, 15) is 18.0 Å². The highest BCUT2D eigenvalue weighted by atomic mass is 32.1. The quantitative estimate of drug-likeness (QED) is 0.374. The number of rotatable bonds is 11. The zero-order valence-corrected chi connectivity index (χ0v) is 18.2. The number of halogens is 3. The van der Waals surface area contributed by atoms with Gasteiger partial charge in [0, 0.05) is 5.56 Å². The van der Waals surface area contributed by atoms with Crippen molar-refractivity contribution >= 4 is 17.3 Å². The summed E-state index contributed by atoms with van der Waals surface area (Å²) in [5.41, 5.74) is 5.02. The molecular formula is C22H22F3N3O4S. The van der Waals surface area contributed by atoms with Crippen LogP contribution >= 0.6 is 11.3 Å². The van der Waals surface area contributed by atoms with Crippen LogP contribution in [0.3, 0.4) is 0 Å². The van der Waals surface area contributed by atoms with E-state index >= 15 is 0 Å². The first-order valence-electron chi connectivity index (χ1n) is 10.1. The molecule has 0 unspecified atom stereocenters. The van der Waals surface area contributed by atoms with Crippen LogP contribution < -0.4 is 15.2 Å². The summed E-state index contributed by atoms with van der Waals surface area (Å²) in [6, 6.07) is 12.0. The number of hydrogen-bond acceptors (Lipinski definition) is 7. The van der Waals surface area contributed by atoms with Gasteiger partial charge in [0.25, 0.3) is 0 Å². The number of carboxylic acids is 1.